The van der Waals surface area contributed by atoms with E-state index in [1.165, 1.54) is 36.7 Å². The SMILES string of the molecule is C=CC(=O)Nc1cc(Nc2cc(N3OCC[C@@H]3C3=C(F)C(F)=C(F)CC3)ncn2)c(OC)cc1N1CCC(N2CCN(C3CCC3)CC2)CC1. The number of piperazine rings is 1. The number of hydrogen-bond donors (Lipinski definition) is 2. The zero-order valence-electron chi connectivity index (χ0n) is 28.5. The summed E-state index contributed by atoms with van der Waals surface area (Å²) in [7, 11) is 1.58. The van der Waals surface area contributed by atoms with E-state index in [4.69, 9.17) is 9.57 Å². The molecular weight excluding hydrogens is 649 g/mol. The minimum atomic E-state index is -1.44. The Balaban J connectivity index is 1.07. The highest BCUT2D eigenvalue weighted by Crippen LogP contribution is 2.42. The molecule has 5 aliphatic rings. The zero-order valence-corrected chi connectivity index (χ0v) is 28.5. The van der Waals surface area contributed by atoms with Crippen molar-refractivity contribution in [2.45, 2.75) is 69.5 Å². The molecule has 1 amide bonds. The van der Waals surface area contributed by atoms with Crippen molar-refractivity contribution in [2.75, 3.05) is 73.6 Å². The van der Waals surface area contributed by atoms with E-state index in [9.17, 15) is 18.0 Å². The van der Waals surface area contributed by atoms with E-state index in [2.05, 4.69) is 41.9 Å². The van der Waals surface area contributed by atoms with Crippen molar-refractivity contribution in [1.82, 2.24) is 19.8 Å². The number of hydrogen-bond acceptors (Lipinski definition) is 10. The standard InChI is InChI=1S/C36H45F3N8O3/c1-3-34(48)43-27-19-28(42-32-21-33(41-22-40-32)47-29(11-18-50-47)25-7-8-26(37)36(39)35(25)38)31(49-2)20-30(27)46-12-9-24(10-13-46)45-16-14-44(15-17-45)23-5-4-6-23/h3,19-24,29H,1,4-18H2,2H3,(H,43,48)(H,40,41,42)/t29-/m1/s1. The van der Waals surface area contributed by atoms with Crippen molar-refractivity contribution in [1.29, 1.82) is 0 Å². The van der Waals surface area contributed by atoms with E-state index >= 15 is 0 Å². The van der Waals surface area contributed by atoms with Gasteiger partial charge in [0.1, 0.15) is 23.7 Å². The number of methoxy groups -OCH3 is 1. The van der Waals surface area contributed by atoms with Crippen molar-refractivity contribution in [3.8, 4) is 5.75 Å². The van der Waals surface area contributed by atoms with Crippen molar-refractivity contribution < 1.29 is 27.5 Å². The number of benzene rings is 1. The first-order valence-electron chi connectivity index (χ1n) is 17.7. The number of hydroxylamine groups is 1. The largest absolute Gasteiger partial charge is 0.494 e. The summed E-state index contributed by atoms with van der Waals surface area (Å²) in [4.78, 5) is 34.7. The molecule has 14 heteroatoms. The van der Waals surface area contributed by atoms with Crippen LogP contribution >= 0.6 is 0 Å². The Morgan fingerprint density at radius 2 is 1.64 bits per heavy atom. The van der Waals surface area contributed by atoms with Gasteiger partial charge in [0.25, 0.3) is 0 Å². The second kappa shape index (κ2) is 15.0. The van der Waals surface area contributed by atoms with Crippen LogP contribution in [-0.4, -0.2) is 96.8 Å². The van der Waals surface area contributed by atoms with E-state index in [-0.39, 0.29) is 30.9 Å². The van der Waals surface area contributed by atoms with Gasteiger partial charge in [0.05, 0.1) is 36.8 Å². The van der Waals surface area contributed by atoms with Gasteiger partial charge in [-0.15, -0.1) is 0 Å². The van der Waals surface area contributed by atoms with Crippen molar-refractivity contribution in [2.24, 2.45) is 0 Å². The smallest absolute Gasteiger partial charge is 0.247 e. The molecule has 1 aromatic heterocycles. The molecule has 0 bridgehead atoms. The normalized spacial score (nSPS) is 22.9. The van der Waals surface area contributed by atoms with E-state index in [1.54, 1.807) is 13.2 Å². The number of ether oxygens (including phenoxy) is 1. The summed E-state index contributed by atoms with van der Waals surface area (Å²) in [6.45, 7) is 10.1. The molecular formula is C36H45F3N8O3. The molecule has 0 radical (unpaired) electrons. The molecule has 3 aliphatic heterocycles. The molecule has 2 aliphatic carbocycles. The highest BCUT2D eigenvalue weighted by Gasteiger charge is 2.37. The number of aromatic nitrogens is 2. The molecule has 0 unspecified atom stereocenters. The molecule has 2 N–H and O–H groups in total. The Kier molecular flexibility index (Phi) is 10.3. The first kappa shape index (κ1) is 34.3. The molecule has 4 heterocycles. The maximum Gasteiger partial charge on any atom is 0.247 e. The van der Waals surface area contributed by atoms with Crippen molar-refractivity contribution in [3.63, 3.8) is 0 Å². The summed E-state index contributed by atoms with van der Waals surface area (Å²) in [5, 5.41) is 7.66. The second-order valence-corrected chi connectivity index (χ2v) is 13.5. The fourth-order valence-electron chi connectivity index (χ4n) is 7.79. The first-order valence-corrected chi connectivity index (χ1v) is 17.7. The lowest BCUT2D eigenvalue weighted by Gasteiger charge is -2.46. The van der Waals surface area contributed by atoms with Crippen LogP contribution in [0, 0.1) is 0 Å². The fourth-order valence-corrected chi connectivity index (χ4v) is 7.79. The molecule has 0 spiro atoms. The van der Waals surface area contributed by atoms with Crippen LogP contribution < -0.4 is 25.3 Å². The third kappa shape index (κ3) is 7.06. The van der Waals surface area contributed by atoms with Gasteiger partial charge in [0.15, 0.2) is 17.5 Å². The number of nitrogens with zero attached hydrogens (tertiary/aromatic N) is 6. The highest BCUT2D eigenvalue weighted by atomic mass is 19.2. The van der Waals surface area contributed by atoms with Crippen molar-refractivity contribution >= 4 is 34.6 Å². The van der Waals surface area contributed by atoms with Crippen molar-refractivity contribution in [3.05, 3.63) is 60.2 Å². The van der Waals surface area contributed by atoms with Gasteiger partial charge in [0, 0.05) is 76.3 Å². The Bertz CT molecular complexity index is 1650. The van der Waals surface area contributed by atoms with Crippen LogP contribution in [0.25, 0.3) is 0 Å². The molecule has 4 fully saturated rings. The van der Waals surface area contributed by atoms with Gasteiger partial charge < -0.3 is 20.3 Å². The van der Waals surface area contributed by atoms with E-state index in [1.807, 2.05) is 12.1 Å². The molecule has 3 saturated heterocycles. The fraction of sp³-hybridized carbons (Fsp3) is 0.528. The summed E-state index contributed by atoms with van der Waals surface area (Å²) in [5.41, 5.74) is 2.14. The van der Waals surface area contributed by atoms with Gasteiger partial charge in [0.2, 0.25) is 5.91 Å². The molecule has 2 aromatic rings. The van der Waals surface area contributed by atoms with Gasteiger partial charge in [-0.25, -0.2) is 28.2 Å². The van der Waals surface area contributed by atoms with Gasteiger partial charge in [-0.2, -0.15) is 0 Å². The summed E-state index contributed by atoms with van der Waals surface area (Å²) >= 11 is 0. The quantitative estimate of drug-likeness (QED) is 0.281. The molecule has 1 atom stereocenters. The van der Waals surface area contributed by atoms with Crippen LogP contribution in [0.5, 0.6) is 5.75 Å². The first-order chi connectivity index (χ1) is 24.3. The lowest BCUT2D eigenvalue weighted by molar-refractivity contribution is -0.111. The highest BCUT2D eigenvalue weighted by molar-refractivity contribution is 6.02. The van der Waals surface area contributed by atoms with Crippen LogP contribution in [0.2, 0.25) is 0 Å². The van der Waals surface area contributed by atoms with Gasteiger partial charge in [-0.05, 0) is 49.8 Å². The van der Waals surface area contributed by atoms with Crippen LogP contribution in [0.3, 0.4) is 0 Å². The third-order valence-corrected chi connectivity index (χ3v) is 10.8. The number of amides is 1. The lowest BCUT2D eigenvalue weighted by Crippen LogP contribution is -2.56. The lowest BCUT2D eigenvalue weighted by atomic mass is 9.91. The average molecular weight is 695 g/mol. The maximum absolute atomic E-state index is 14.8. The minimum absolute atomic E-state index is 0.0452. The number of anilines is 5. The number of allylic oxidation sites excluding steroid dienone is 3. The topological polar surface area (TPSA) is 98.3 Å². The number of nitrogens with one attached hydrogen (secondary N) is 2. The van der Waals surface area contributed by atoms with Crippen LogP contribution in [0.4, 0.5) is 41.9 Å². The molecule has 1 saturated carbocycles. The number of carbonyl (C=O) groups is 1. The monoisotopic (exact) mass is 694 g/mol. The minimum Gasteiger partial charge on any atom is -0.494 e. The summed E-state index contributed by atoms with van der Waals surface area (Å²) in [6, 6.07) is 6.04. The Labute approximate surface area is 290 Å². The molecule has 50 heavy (non-hydrogen) atoms. The third-order valence-electron chi connectivity index (χ3n) is 10.8. The van der Waals surface area contributed by atoms with Gasteiger partial charge in [-0.1, -0.05) is 13.0 Å². The Hall–Kier alpha value is -4.14. The molecule has 7 rings (SSSR count). The van der Waals surface area contributed by atoms with Gasteiger partial charge >= 0.3 is 0 Å². The molecule has 11 nitrogen and oxygen atoms in total. The number of halogens is 3. The van der Waals surface area contributed by atoms with E-state index in [0.29, 0.717) is 41.2 Å². The van der Waals surface area contributed by atoms with E-state index in [0.717, 1.165) is 63.8 Å². The molecule has 1 aromatic carbocycles. The second-order valence-electron chi connectivity index (χ2n) is 13.5. The zero-order chi connectivity index (χ0) is 34.8. The summed E-state index contributed by atoms with van der Waals surface area (Å²) in [6.07, 6.45) is 8.93. The summed E-state index contributed by atoms with van der Waals surface area (Å²) in [5.74, 6) is -2.79. The average Bonchev–Trinajstić information content (AvgIpc) is 3.60. The predicted octanol–water partition coefficient (Wildman–Crippen LogP) is 6.17. The summed E-state index contributed by atoms with van der Waals surface area (Å²) < 4.78 is 48.5. The number of carbonyl (C=O) groups excluding carboxylic acids is 1. The van der Waals surface area contributed by atoms with Crippen LogP contribution in [0.15, 0.2) is 60.2 Å². The predicted molar refractivity (Wildman–Crippen MR) is 187 cm³/mol. The van der Waals surface area contributed by atoms with Gasteiger partial charge in [-0.3, -0.25) is 19.4 Å². The Morgan fingerprint density at radius 3 is 2.30 bits per heavy atom. The Morgan fingerprint density at radius 1 is 0.920 bits per heavy atom. The molecule has 268 valence electrons. The number of rotatable bonds is 10. The van der Waals surface area contributed by atoms with Crippen LogP contribution in [0.1, 0.15) is 51.4 Å². The number of piperidine rings is 1. The van der Waals surface area contributed by atoms with E-state index < -0.39 is 23.5 Å². The van der Waals surface area contributed by atoms with Crippen LogP contribution in [-0.2, 0) is 9.63 Å². The maximum atomic E-state index is 14.8.